The maximum absolute atomic E-state index is 13.1. The first kappa shape index (κ1) is 22.4. The molecule has 7 nitrogen and oxygen atoms in total. The van der Waals surface area contributed by atoms with Gasteiger partial charge in [-0.05, 0) is 46.1 Å². The predicted molar refractivity (Wildman–Crippen MR) is 106 cm³/mol. The van der Waals surface area contributed by atoms with Gasteiger partial charge in [0, 0.05) is 31.0 Å². The lowest BCUT2D eigenvalue weighted by molar-refractivity contribution is -0.131. The Morgan fingerprint density at radius 1 is 1.36 bits per heavy atom. The number of methoxy groups -OCH3 is 1. The van der Waals surface area contributed by atoms with Crippen LogP contribution >= 0.6 is 11.6 Å². The van der Waals surface area contributed by atoms with Crippen molar-refractivity contribution in [1.29, 1.82) is 0 Å². The molecular weight excluding hydrogens is 384 g/mol. The van der Waals surface area contributed by atoms with Gasteiger partial charge >= 0.3 is 5.97 Å². The van der Waals surface area contributed by atoms with Gasteiger partial charge in [0.25, 0.3) is 0 Å². The molecule has 0 saturated carbocycles. The van der Waals surface area contributed by atoms with Crippen molar-refractivity contribution in [1.82, 2.24) is 9.47 Å². The van der Waals surface area contributed by atoms with Crippen LogP contribution in [0, 0.1) is 13.8 Å². The molecule has 0 N–H and O–H groups in total. The van der Waals surface area contributed by atoms with E-state index in [9.17, 15) is 14.4 Å². The lowest BCUT2D eigenvalue weighted by Crippen LogP contribution is -2.43. The van der Waals surface area contributed by atoms with Crippen LogP contribution in [0.1, 0.15) is 58.8 Å². The quantitative estimate of drug-likeness (QED) is 0.372. The minimum absolute atomic E-state index is 0.0831. The van der Waals surface area contributed by atoms with Crippen LogP contribution in [-0.2, 0) is 20.8 Å². The highest BCUT2D eigenvalue weighted by Crippen LogP contribution is 2.24. The highest BCUT2D eigenvalue weighted by molar-refractivity contribution is 6.30. The van der Waals surface area contributed by atoms with Crippen LogP contribution in [0.2, 0.25) is 0 Å². The Hall–Kier alpha value is -1.86. The molecule has 1 aromatic heterocycles. The SMILES string of the molecule is CCn1c(C)c(C(=O)CN(C[C@@H]2CCCO2)C(=O)[C@H](C)Cl)c(C)c1C(=O)OC. The fraction of sp³-hybridized carbons (Fsp3) is 0.650. The van der Waals surface area contributed by atoms with Gasteiger partial charge in [-0.15, -0.1) is 11.6 Å². The predicted octanol–water partition coefficient (Wildman–Crippen LogP) is 2.73. The van der Waals surface area contributed by atoms with E-state index in [-0.39, 0.29) is 24.3 Å². The topological polar surface area (TPSA) is 77.8 Å². The van der Waals surface area contributed by atoms with E-state index in [1.54, 1.807) is 25.3 Å². The molecule has 28 heavy (non-hydrogen) atoms. The fourth-order valence-electron chi connectivity index (χ4n) is 3.83. The zero-order chi connectivity index (χ0) is 21.0. The summed E-state index contributed by atoms with van der Waals surface area (Å²) in [6.45, 7) is 8.44. The first-order valence-electron chi connectivity index (χ1n) is 9.58. The molecule has 8 heteroatoms. The number of carbonyl (C=O) groups excluding carboxylic acids is 3. The van der Waals surface area contributed by atoms with Crippen molar-refractivity contribution in [3.63, 3.8) is 0 Å². The number of Topliss-reactive ketones (excluding diaryl/α,β-unsaturated/α-hetero) is 1. The average Bonchev–Trinajstić information content (AvgIpc) is 3.25. The molecule has 1 aliphatic heterocycles. The van der Waals surface area contributed by atoms with Crippen LogP contribution in [0.25, 0.3) is 0 Å². The highest BCUT2D eigenvalue weighted by atomic mass is 35.5. The van der Waals surface area contributed by atoms with Crippen LogP contribution in [0.4, 0.5) is 0 Å². The van der Waals surface area contributed by atoms with E-state index in [0.717, 1.165) is 12.8 Å². The van der Waals surface area contributed by atoms with Crippen LogP contribution in [0.5, 0.6) is 0 Å². The Kier molecular flexibility index (Phi) is 7.66. The smallest absolute Gasteiger partial charge is 0.354 e. The molecule has 0 bridgehead atoms. The van der Waals surface area contributed by atoms with E-state index >= 15 is 0 Å². The van der Waals surface area contributed by atoms with E-state index in [1.807, 2.05) is 6.92 Å². The van der Waals surface area contributed by atoms with E-state index in [2.05, 4.69) is 0 Å². The van der Waals surface area contributed by atoms with Crippen LogP contribution in [0.15, 0.2) is 0 Å². The Morgan fingerprint density at radius 3 is 2.54 bits per heavy atom. The zero-order valence-corrected chi connectivity index (χ0v) is 18.0. The van der Waals surface area contributed by atoms with Crippen LogP contribution in [-0.4, -0.2) is 65.4 Å². The van der Waals surface area contributed by atoms with Crippen LogP contribution in [0.3, 0.4) is 0 Å². The lowest BCUT2D eigenvalue weighted by atomic mass is 10.0. The number of aromatic nitrogens is 1. The summed E-state index contributed by atoms with van der Waals surface area (Å²) >= 11 is 6.00. The molecule has 2 rings (SSSR count). The number of amides is 1. The van der Waals surface area contributed by atoms with E-state index < -0.39 is 11.3 Å². The second-order valence-electron chi connectivity index (χ2n) is 7.06. The van der Waals surface area contributed by atoms with E-state index in [4.69, 9.17) is 21.1 Å². The second kappa shape index (κ2) is 9.56. The first-order chi connectivity index (χ1) is 13.2. The summed E-state index contributed by atoms with van der Waals surface area (Å²) in [5.41, 5.74) is 2.08. The highest BCUT2D eigenvalue weighted by Gasteiger charge is 2.30. The van der Waals surface area contributed by atoms with Gasteiger partial charge < -0.3 is 18.9 Å². The minimum atomic E-state index is -0.734. The van der Waals surface area contributed by atoms with Gasteiger partial charge in [0.15, 0.2) is 5.78 Å². The number of hydrogen-bond acceptors (Lipinski definition) is 5. The minimum Gasteiger partial charge on any atom is -0.464 e. The Morgan fingerprint density at radius 2 is 2.04 bits per heavy atom. The molecule has 0 aliphatic carbocycles. The summed E-state index contributed by atoms with van der Waals surface area (Å²) in [6, 6.07) is 0. The Balaban J connectivity index is 2.33. The van der Waals surface area contributed by atoms with Gasteiger partial charge in [-0.1, -0.05) is 0 Å². The lowest BCUT2D eigenvalue weighted by Gasteiger charge is -2.26. The van der Waals surface area contributed by atoms with Crippen molar-refractivity contribution >= 4 is 29.3 Å². The molecule has 2 heterocycles. The van der Waals surface area contributed by atoms with Gasteiger partial charge in [0.1, 0.15) is 11.1 Å². The van der Waals surface area contributed by atoms with Gasteiger partial charge in [-0.25, -0.2) is 4.79 Å². The number of halogens is 1. The normalized spacial score (nSPS) is 17.4. The van der Waals surface area contributed by atoms with Gasteiger partial charge in [0.05, 0.1) is 19.8 Å². The van der Waals surface area contributed by atoms with Gasteiger partial charge in [0.2, 0.25) is 5.91 Å². The number of nitrogens with zero attached hydrogens (tertiary/aromatic N) is 2. The van der Waals surface area contributed by atoms with E-state index in [0.29, 0.717) is 42.2 Å². The third-order valence-corrected chi connectivity index (χ3v) is 5.36. The third kappa shape index (κ3) is 4.58. The summed E-state index contributed by atoms with van der Waals surface area (Å²) in [7, 11) is 1.31. The number of hydrogen-bond donors (Lipinski definition) is 0. The standard InChI is InChI=1S/C20H29ClN2O5/c1-6-23-14(4)17(12(2)18(23)20(26)27-5)16(24)11-22(19(25)13(3)21)10-15-8-7-9-28-15/h13,15H,6-11H2,1-5H3/t13-,15-/m0/s1. The molecular formula is C20H29ClN2O5. The van der Waals surface area contributed by atoms with Crippen molar-refractivity contribution < 1.29 is 23.9 Å². The summed E-state index contributed by atoms with van der Waals surface area (Å²) in [5, 5.41) is -0.734. The zero-order valence-electron chi connectivity index (χ0n) is 17.2. The molecule has 156 valence electrons. The number of alkyl halides is 1. The van der Waals surface area contributed by atoms with Crippen molar-refractivity contribution in [2.45, 2.75) is 58.6 Å². The average molecular weight is 413 g/mol. The molecule has 0 radical (unpaired) electrons. The van der Waals surface area contributed by atoms with E-state index in [1.165, 1.54) is 12.0 Å². The molecule has 0 unspecified atom stereocenters. The number of ether oxygens (including phenoxy) is 2. The molecule has 0 aromatic carbocycles. The number of carbonyl (C=O) groups is 3. The number of ketones is 1. The second-order valence-corrected chi connectivity index (χ2v) is 7.72. The monoisotopic (exact) mass is 412 g/mol. The maximum Gasteiger partial charge on any atom is 0.354 e. The molecule has 1 fully saturated rings. The Bertz CT molecular complexity index is 750. The number of rotatable bonds is 8. The molecule has 0 spiro atoms. The molecule has 1 amide bonds. The van der Waals surface area contributed by atoms with Crippen molar-refractivity contribution in [3.05, 3.63) is 22.5 Å². The first-order valence-corrected chi connectivity index (χ1v) is 10.0. The summed E-state index contributed by atoms with van der Waals surface area (Å²) in [4.78, 5) is 39.4. The summed E-state index contributed by atoms with van der Waals surface area (Å²) < 4.78 is 12.3. The van der Waals surface area contributed by atoms with Gasteiger partial charge in [-0.3, -0.25) is 9.59 Å². The Labute approximate surface area is 170 Å². The largest absolute Gasteiger partial charge is 0.464 e. The van der Waals surface area contributed by atoms with Crippen molar-refractivity contribution in [2.24, 2.45) is 0 Å². The van der Waals surface area contributed by atoms with Crippen molar-refractivity contribution in [2.75, 3.05) is 26.8 Å². The molecule has 2 atom stereocenters. The van der Waals surface area contributed by atoms with Crippen molar-refractivity contribution in [3.8, 4) is 0 Å². The third-order valence-electron chi connectivity index (χ3n) is 5.18. The molecule has 1 saturated heterocycles. The number of esters is 1. The van der Waals surface area contributed by atoms with Gasteiger partial charge in [-0.2, -0.15) is 0 Å². The molecule has 1 aromatic rings. The summed E-state index contributed by atoms with van der Waals surface area (Å²) in [6.07, 6.45) is 1.71. The van der Waals surface area contributed by atoms with Crippen LogP contribution < -0.4 is 0 Å². The fourth-order valence-corrected chi connectivity index (χ4v) is 3.97. The molecule has 1 aliphatic rings. The maximum atomic E-state index is 13.1. The summed E-state index contributed by atoms with van der Waals surface area (Å²) in [5.74, 6) is -1.01.